The predicted octanol–water partition coefficient (Wildman–Crippen LogP) is 5.53. The Kier molecular flexibility index (Phi) is 10.9. The second-order valence-electron chi connectivity index (χ2n) is 10.4. The number of hydrogen-bond acceptors (Lipinski definition) is 6. The number of amides is 1. The Bertz CT molecular complexity index is 1570. The molecule has 2 unspecified atom stereocenters. The lowest BCUT2D eigenvalue weighted by atomic mass is 9.89. The highest BCUT2D eigenvalue weighted by atomic mass is 35.5. The summed E-state index contributed by atoms with van der Waals surface area (Å²) in [6.07, 6.45) is -2.45. The molecule has 1 aliphatic rings. The maximum absolute atomic E-state index is 15.1. The highest BCUT2D eigenvalue weighted by molar-refractivity contribution is 7.89. The monoisotopic (exact) mass is 659 g/mol. The van der Waals surface area contributed by atoms with Crippen LogP contribution in [0, 0.1) is 11.6 Å². The average Bonchev–Trinajstić information content (AvgIpc) is 2.97. The number of hydrogen-bond donors (Lipinski definition) is 2. The number of nitrogens with zero attached hydrogens (tertiary/aromatic N) is 3. The lowest BCUT2D eigenvalue weighted by molar-refractivity contribution is -0.145. The zero-order valence-corrected chi connectivity index (χ0v) is 25.2. The summed E-state index contributed by atoms with van der Waals surface area (Å²) in [7, 11) is -3.49. The van der Waals surface area contributed by atoms with E-state index in [2.05, 4.69) is 20.6 Å². The van der Waals surface area contributed by atoms with E-state index in [9.17, 15) is 30.8 Å². The zero-order valence-electron chi connectivity index (χ0n) is 23.7. The quantitative estimate of drug-likeness (QED) is 0.262. The minimum Gasteiger partial charge on any atom is -0.326 e. The number of alkyl halides is 3. The summed E-state index contributed by atoms with van der Waals surface area (Å²) < 4.78 is 95.6. The molecule has 2 atom stereocenters. The average molecular weight is 660 g/mol. The number of sulfonamides is 1. The SMILES string of the molecule is CCCS(=O)(=O)N1CCNCC1CCc1c(F)cccc1NC(=O)CC(c1cnc(C(F)(F)F)nc1)c1ccc(Cl)c(F)c1. The number of benzene rings is 2. The molecule has 2 N–H and O–H groups in total. The fourth-order valence-corrected chi connectivity index (χ4v) is 7.05. The number of carbonyl (C=O) groups is 1. The maximum atomic E-state index is 15.1. The summed E-state index contributed by atoms with van der Waals surface area (Å²) >= 11 is 5.80. The third kappa shape index (κ3) is 8.29. The number of nitrogens with one attached hydrogen (secondary N) is 2. The van der Waals surface area contributed by atoms with Crippen LogP contribution < -0.4 is 10.6 Å². The van der Waals surface area contributed by atoms with Crippen molar-refractivity contribution in [2.45, 2.75) is 50.7 Å². The molecule has 2 aromatic carbocycles. The van der Waals surface area contributed by atoms with Crippen LogP contribution in [0.4, 0.5) is 27.6 Å². The molecule has 238 valence electrons. The Balaban J connectivity index is 1.55. The largest absolute Gasteiger partial charge is 0.451 e. The first kappa shape index (κ1) is 33.7. The van der Waals surface area contributed by atoms with E-state index in [0.717, 1.165) is 18.5 Å². The molecule has 3 aromatic rings. The smallest absolute Gasteiger partial charge is 0.326 e. The topological polar surface area (TPSA) is 104 Å². The third-order valence-electron chi connectivity index (χ3n) is 7.30. The van der Waals surface area contributed by atoms with Gasteiger partial charge in [-0.05, 0) is 54.7 Å². The van der Waals surface area contributed by atoms with E-state index in [1.807, 2.05) is 0 Å². The number of anilines is 1. The lowest BCUT2D eigenvalue weighted by Gasteiger charge is -2.35. The fraction of sp³-hybridized carbons (Fsp3) is 0.414. The van der Waals surface area contributed by atoms with E-state index < -0.39 is 51.5 Å². The molecule has 0 radical (unpaired) electrons. The van der Waals surface area contributed by atoms with Gasteiger partial charge in [0.2, 0.25) is 21.8 Å². The summed E-state index contributed by atoms with van der Waals surface area (Å²) in [5.74, 6) is -4.35. The minimum absolute atomic E-state index is 0.00711. The number of carbonyl (C=O) groups excluding carboxylic acids is 1. The van der Waals surface area contributed by atoms with Crippen LogP contribution in [-0.4, -0.2) is 60.0 Å². The highest BCUT2D eigenvalue weighted by Crippen LogP contribution is 2.33. The van der Waals surface area contributed by atoms with Gasteiger partial charge < -0.3 is 10.6 Å². The van der Waals surface area contributed by atoms with E-state index in [1.54, 1.807) is 6.92 Å². The Morgan fingerprint density at radius 1 is 1.14 bits per heavy atom. The lowest BCUT2D eigenvalue weighted by Crippen LogP contribution is -2.54. The van der Waals surface area contributed by atoms with Crippen LogP contribution in [0.1, 0.15) is 54.6 Å². The van der Waals surface area contributed by atoms with Gasteiger partial charge in [-0.3, -0.25) is 4.79 Å². The first-order chi connectivity index (χ1) is 20.8. The molecular formula is C29H31ClF5N5O3S. The first-order valence-corrected chi connectivity index (χ1v) is 15.9. The Hall–Kier alpha value is -3.20. The van der Waals surface area contributed by atoms with Gasteiger partial charge in [-0.1, -0.05) is 30.7 Å². The van der Waals surface area contributed by atoms with Gasteiger partial charge >= 0.3 is 6.18 Å². The molecule has 0 saturated carbocycles. The van der Waals surface area contributed by atoms with Gasteiger partial charge in [-0.25, -0.2) is 27.2 Å². The molecule has 0 bridgehead atoms. The van der Waals surface area contributed by atoms with E-state index in [1.165, 1.54) is 34.6 Å². The van der Waals surface area contributed by atoms with Gasteiger partial charge in [0.05, 0.1) is 10.8 Å². The van der Waals surface area contributed by atoms with Crippen LogP contribution in [0.3, 0.4) is 0 Å². The van der Waals surface area contributed by atoms with E-state index in [-0.39, 0.29) is 52.4 Å². The summed E-state index contributed by atoms with van der Waals surface area (Å²) in [5.41, 5.74) is 0.688. The number of piperazine rings is 1. The van der Waals surface area contributed by atoms with E-state index in [0.29, 0.717) is 26.1 Å². The molecule has 1 aliphatic heterocycles. The molecule has 8 nitrogen and oxygen atoms in total. The molecule has 1 saturated heterocycles. The zero-order chi connectivity index (χ0) is 32.1. The van der Waals surface area contributed by atoms with Crippen molar-refractivity contribution in [2.75, 3.05) is 30.7 Å². The molecule has 1 amide bonds. The van der Waals surface area contributed by atoms with Gasteiger partial charge in [0.1, 0.15) is 11.6 Å². The van der Waals surface area contributed by atoms with Gasteiger partial charge in [0, 0.05) is 61.7 Å². The van der Waals surface area contributed by atoms with Crippen LogP contribution >= 0.6 is 11.6 Å². The Morgan fingerprint density at radius 2 is 1.86 bits per heavy atom. The number of halogens is 6. The van der Waals surface area contributed by atoms with Crippen LogP contribution in [0.25, 0.3) is 0 Å². The van der Waals surface area contributed by atoms with Crippen molar-refractivity contribution < 1.29 is 35.2 Å². The van der Waals surface area contributed by atoms with Gasteiger partial charge in [-0.15, -0.1) is 0 Å². The van der Waals surface area contributed by atoms with Crippen molar-refractivity contribution in [1.82, 2.24) is 19.6 Å². The minimum atomic E-state index is -4.78. The third-order valence-corrected chi connectivity index (χ3v) is 9.73. The van der Waals surface area contributed by atoms with Crippen LogP contribution in [-0.2, 0) is 27.4 Å². The van der Waals surface area contributed by atoms with Crippen molar-refractivity contribution in [3.8, 4) is 0 Å². The van der Waals surface area contributed by atoms with Crippen molar-refractivity contribution >= 4 is 33.2 Å². The van der Waals surface area contributed by atoms with Gasteiger partial charge in [-0.2, -0.15) is 17.5 Å². The Morgan fingerprint density at radius 3 is 2.52 bits per heavy atom. The van der Waals surface area contributed by atoms with Crippen molar-refractivity contribution in [3.05, 3.63) is 88.0 Å². The van der Waals surface area contributed by atoms with Crippen LogP contribution in [0.15, 0.2) is 48.8 Å². The highest BCUT2D eigenvalue weighted by Gasteiger charge is 2.35. The van der Waals surface area contributed by atoms with Crippen LogP contribution in [0.5, 0.6) is 0 Å². The summed E-state index contributed by atoms with van der Waals surface area (Å²) in [6, 6.07) is 7.50. The number of aromatic nitrogens is 2. The molecule has 15 heteroatoms. The molecule has 0 spiro atoms. The molecular weight excluding hydrogens is 629 g/mol. The van der Waals surface area contributed by atoms with Gasteiger partial charge in [0.15, 0.2) is 0 Å². The second kappa shape index (κ2) is 14.3. The standard InChI is InChI=1S/C29H31ClF5N5O3S/c1-2-12-44(42,43)40-11-10-36-17-20(40)7-8-21-24(31)4-3-5-26(21)39-27(41)14-22(18-6-9-23(30)25(32)13-18)19-15-37-28(38-16-19)29(33,34)35/h3-6,9,13,15-16,20,22,36H,2,7-8,10-12,14,17H2,1H3,(H,39,41). The van der Waals surface area contributed by atoms with Gasteiger partial charge in [0.25, 0.3) is 0 Å². The van der Waals surface area contributed by atoms with E-state index in [4.69, 9.17) is 11.6 Å². The van der Waals surface area contributed by atoms with Crippen molar-refractivity contribution in [2.24, 2.45) is 0 Å². The van der Waals surface area contributed by atoms with Crippen LogP contribution in [0.2, 0.25) is 5.02 Å². The normalized spacial score (nSPS) is 16.9. The van der Waals surface area contributed by atoms with Crippen molar-refractivity contribution in [3.63, 3.8) is 0 Å². The maximum Gasteiger partial charge on any atom is 0.451 e. The predicted molar refractivity (Wildman–Crippen MR) is 156 cm³/mol. The summed E-state index contributed by atoms with van der Waals surface area (Å²) in [6.45, 7) is 2.98. The molecule has 1 fully saturated rings. The molecule has 1 aromatic heterocycles. The molecule has 4 rings (SSSR count). The number of rotatable bonds is 11. The van der Waals surface area contributed by atoms with Crippen molar-refractivity contribution in [1.29, 1.82) is 0 Å². The first-order valence-electron chi connectivity index (χ1n) is 13.9. The Labute approximate surface area is 257 Å². The van der Waals surface area contributed by atoms with E-state index >= 15 is 4.39 Å². The summed E-state index contributed by atoms with van der Waals surface area (Å²) in [5, 5.41) is 5.66. The molecule has 0 aliphatic carbocycles. The fourth-order valence-electron chi connectivity index (χ4n) is 5.18. The second-order valence-corrected chi connectivity index (χ2v) is 12.9. The molecule has 44 heavy (non-hydrogen) atoms. The molecule has 2 heterocycles. The summed E-state index contributed by atoms with van der Waals surface area (Å²) in [4.78, 5) is 20.0.